The van der Waals surface area contributed by atoms with Gasteiger partial charge in [-0.15, -0.1) is 0 Å². The Balaban J connectivity index is 1.71. The van der Waals surface area contributed by atoms with Crippen molar-refractivity contribution in [3.8, 4) is 0 Å². The maximum atomic E-state index is 4.45. The molecule has 1 fully saturated rings. The standard InChI is InChI=1S/C14H22N6/c1-3-20-7-6-19(9-12-8-15-11-18(12)2)10-13(20)14-16-4-5-17-14/h4-5,8,11,13H,3,6-7,9-10H2,1-2H3,(H,16,17). The van der Waals surface area contributed by atoms with Gasteiger partial charge in [0.2, 0.25) is 0 Å². The summed E-state index contributed by atoms with van der Waals surface area (Å²) in [5, 5.41) is 0. The zero-order valence-corrected chi connectivity index (χ0v) is 12.2. The third-order valence-corrected chi connectivity index (χ3v) is 4.12. The molecule has 108 valence electrons. The molecule has 0 aromatic carbocycles. The van der Waals surface area contributed by atoms with Crippen LogP contribution in [-0.4, -0.2) is 55.5 Å². The van der Waals surface area contributed by atoms with Crippen LogP contribution in [0.1, 0.15) is 24.5 Å². The van der Waals surface area contributed by atoms with E-state index in [4.69, 9.17) is 0 Å². The van der Waals surface area contributed by atoms with Crippen LogP contribution in [0.2, 0.25) is 0 Å². The number of imidazole rings is 2. The van der Waals surface area contributed by atoms with E-state index in [9.17, 15) is 0 Å². The summed E-state index contributed by atoms with van der Waals surface area (Å²) in [4.78, 5) is 16.9. The van der Waals surface area contributed by atoms with Gasteiger partial charge in [0.1, 0.15) is 5.82 Å². The monoisotopic (exact) mass is 274 g/mol. The number of nitrogens with zero attached hydrogens (tertiary/aromatic N) is 5. The van der Waals surface area contributed by atoms with Crippen molar-refractivity contribution < 1.29 is 0 Å². The molecule has 0 spiro atoms. The van der Waals surface area contributed by atoms with E-state index in [1.165, 1.54) is 5.69 Å². The van der Waals surface area contributed by atoms with Gasteiger partial charge in [-0.25, -0.2) is 9.97 Å². The Hall–Kier alpha value is -1.66. The van der Waals surface area contributed by atoms with Gasteiger partial charge >= 0.3 is 0 Å². The Morgan fingerprint density at radius 2 is 2.30 bits per heavy atom. The predicted molar refractivity (Wildman–Crippen MR) is 77.1 cm³/mol. The first kappa shape index (κ1) is 13.3. The molecule has 1 aliphatic heterocycles. The molecule has 0 radical (unpaired) electrons. The zero-order chi connectivity index (χ0) is 13.9. The van der Waals surface area contributed by atoms with E-state index in [1.807, 2.05) is 24.9 Å². The summed E-state index contributed by atoms with van der Waals surface area (Å²) in [6.07, 6.45) is 7.56. The molecule has 3 heterocycles. The van der Waals surface area contributed by atoms with Crippen LogP contribution in [0.15, 0.2) is 24.9 Å². The number of aromatic nitrogens is 4. The average molecular weight is 274 g/mol. The number of nitrogens with one attached hydrogen (secondary N) is 1. The van der Waals surface area contributed by atoms with Crippen molar-refractivity contribution in [2.24, 2.45) is 7.05 Å². The molecule has 0 amide bonds. The highest BCUT2D eigenvalue weighted by Gasteiger charge is 2.29. The van der Waals surface area contributed by atoms with E-state index in [2.05, 4.69) is 43.3 Å². The van der Waals surface area contributed by atoms with Gasteiger partial charge < -0.3 is 9.55 Å². The van der Waals surface area contributed by atoms with Crippen LogP contribution >= 0.6 is 0 Å². The van der Waals surface area contributed by atoms with Crippen LogP contribution in [0.4, 0.5) is 0 Å². The van der Waals surface area contributed by atoms with Crippen LogP contribution in [0.25, 0.3) is 0 Å². The van der Waals surface area contributed by atoms with Crippen molar-refractivity contribution in [3.05, 3.63) is 36.4 Å². The van der Waals surface area contributed by atoms with Gasteiger partial charge in [-0.3, -0.25) is 9.80 Å². The predicted octanol–water partition coefficient (Wildman–Crippen LogP) is 1.02. The fourth-order valence-electron chi connectivity index (χ4n) is 2.88. The highest BCUT2D eigenvalue weighted by molar-refractivity contribution is 5.02. The summed E-state index contributed by atoms with van der Waals surface area (Å²) in [7, 11) is 2.05. The Morgan fingerprint density at radius 3 is 2.95 bits per heavy atom. The van der Waals surface area contributed by atoms with Crippen LogP contribution in [0.5, 0.6) is 0 Å². The van der Waals surface area contributed by atoms with Crippen molar-refractivity contribution in [3.63, 3.8) is 0 Å². The molecule has 3 rings (SSSR count). The molecule has 2 aromatic heterocycles. The Morgan fingerprint density at radius 1 is 1.40 bits per heavy atom. The minimum atomic E-state index is 0.358. The molecule has 6 nitrogen and oxygen atoms in total. The van der Waals surface area contributed by atoms with Gasteiger partial charge in [0.05, 0.1) is 18.1 Å². The second-order valence-electron chi connectivity index (χ2n) is 5.35. The van der Waals surface area contributed by atoms with Crippen LogP contribution in [0, 0.1) is 0 Å². The lowest BCUT2D eigenvalue weighted by molar-refractivity contribution is 0.0685. The second kappa shape index (κ2) is 5.76. The largest absolute Gasteiger partial charge is 0.347 e. The molecular formula is C14H22N6. The maximum absolute atomic E-state index is 4.45. The van der Waals surface area contributed by atoms with Gasteiger partial charge in [-0.1, -0.05) is 6.92 Å². The van der Waals surface area contributed by atoms with E-state index in [0.29, 0.717) is 6.04 Å². The van der Waals surface area contributed by atoms with Crippen molar-refractivity contribution in [1.29, 1.82) is 0 Å². The molecule has 1 atom stereocenters. The zero-order valence-electron chi connectivity index (χ0n) is 12.2. The highest BCUT2D eigenvalue weighted by Crippen LogP contribution is 2.23. The molecule has 1 unspecified atom stereocenters. The molecule has 6 heteroatoms. The van der Waals surface area contributed by atoms with E-state index in [1.54, 1.807) is 0 Å². The molecule has 1 aliphatic rings. The van der Waals surface area contributed by atoms with Crippen LogP contribution in [-0.2, 0) is 13.6 Å². The Labute approximate surface area is 119 Å². The number of hydrogen-bond donors (Lipinski definition) is 1. The topological polar surface area (TPSA) is 53.0 Å². The van der Waals surface area contributed by atoms with Gasteiger partial charge in [-0.05, 0) is 6.54 Å². The SMILES string of the molecule is CCN1CCN(Cc2cncn2C)CC1c1ncc[nH]1. The van der Waals surface area contributed by atoms with Gasteiger partial charge in [-0.2, -0.15) is 0 Å². The lowest BCUT2D eigenvalue weighted by Gasteiger charge is -2.40. The van der Waals surface area contributed by atoms with E-state index in [0.717, 1.165) is 38.5 Å². The van der Waals surface area contributed by atoms with Gasteiger partial charge in [0.15, 0.2) is 0 Å². The van der Waals surface area contributed by atoms with Crippen LogP contribution in [0.3, 0.4) is 0 Å². The third kappa shape index (κ3) is 2.62. The molecule has 20 heavy (non-hydrogen) atoms. The summed E-state index contributed by atoms with van der Waals surface area (Å²) >= 11 is 0. The summed E-state index contributed by atoms with van der Waals surface area (Å²) in [6, 6.07) is 0.358. The summed E-state index contributed by atoms with van der Waals surface area (Å²) in [5.74, 6) is 1.07. The van der Waals surface area contributed by atoms with Crippen molar-refractivity contribution >= 4 is 0 Å². The third-order valence-electron chi connectivity index (χ3n) is 4.12. The number of likely N-dealkylation sites (N-methyl/N-ethyl adjacent to an activating group) is 1. The lowest BCUT2D eigenvalue weighted by Crippen LogP contribution is -2.48. The summed E-state index contributed by atoms with van der Waals surface area (Å²) < 4.78 is 2.09. The highest BCUT2D eigenvalue weighted by atomic mass is 15.3. The number of aryl methyl sites for hydroxylation is 1. The number of rotatable bonds is 4. The molecule has 0 bridgehead atoms. The van der Waals surface area contributed by atoms with Gasteiger partial charge in [0, 0.05) is 51.8 Å². The molecular weight excluding hydrogens is 252 g/mol. The maximum Gasteiger partial charge on any atom is 0.124 e. The minimum absolute atomic E-state index is 0.358. The van der Waals surface area contributed by atoms with Crippen molar-refractivity contribution in [2.75, 3.05) is 26.2 Å². The van der Waals surface area contributed by atoms with Crippen molar-refractivity contribution in [2.45, 2.75) is 19.5 Å². The number of H-pyrrole nitrogens is 1. The van der Waals surface area contributed by atoms with E-state index >= 15 is 0 Å². The number of aromatic amines is 1. The first-order valence-electron chi connectivity index (χ1n) is 7.18. The van der Waals surface area contributed by atoms with Crippen molar-refractivity contribution in [1.82, 2.24) is 29.3 Å². The van der Waals surface area contributed by atoms with Gasteiger partial charge in [0.25, 0.3) is 0 Å². The normalized spacial score (nSPS) is 21.4. The quantitative estimate of drug-likeness (QED) is 0.904. The Bertz CT molecular complexity index is 532. The molecule has 2 aromatic rings. The summed E-state index contributed by atoms with van der Waals surface area (Å²) in [6.45, 7) is 7.41. The smallest absolute Gasteiger partial charge is 0.124 e. The van der Waals surface area contributed by atoms with E-state index < -0.39 is 0 Å². The van der Waals surface area contributed by atoms with E-state index in [-0.39, 0.29) is 0 Å². The second-order valence-corrected chi connectivity index (χ2v) is 5.35. The average Bonchev–Trinajstić information content (AvgIpc) is 3.11. The lowest BCUT2D eigenvalue weighted by atomic mass is 10.1. The summed E-state index contributed by atoms with van der Waals surface area (Å²) in [5.41, 5.74) is 1.26. The molecule has 0 aliphatic carbocycles. The first-order valence-corrected chi connectivity index (χ1v) is 7.18. The van der Waals surface area contributed by atoms with Crippen LogP contribution < -0.4 is 0 Å². The number of hydrogen-bond acceptors (Lipinski definition) is 4. The number of piperazine rings is 1. The Kier molecular flexibility index (Phi) is 3.84. The minimum Gasteiger partial charge on any atom is -0.347 e. The molecule has 0 saturated carbocycles. The molecule has 1 saturated heterocycles. The fraction of sp³-hybridized carbons (Fsp3) is 0.571. The molecule has 1 N–H and O–H groups in total. The first-order chi connectivity index (χ1) is 9.78. The fourth-order valence-corrected chi connectivity index (χ4v) is 2.88.